The van der Waals surface area contributed by atoms with Crippen LogP contribution in [0, 0.1) is 0 Å². The normalized spacial score (nSPS) is 13.2. The lowest BCUT2D eigenvalue weighted by Crippen LogP contribution is -1.94. The van der Waals surface area contributed by atoms with E-state index >= 15 is 0 Å². The molecular formula is C10H20Cl2O. The molecular weight excluding hydrogens is 207 g/mol. The minimum absolute atomic E-state index is 0.642. The zero-order chi connectivity index (χ0) is 9.94. The van der Waals surface area contributed by atoms with Gasteiger partial charge in [0.25, 0.3) is 0 Å². The molecule has 0 saturated heterocycles. The van der Waals surface area contributed by atoms with Crippen molar-refractivity contribution in [3.8, 4) is 0 Å². The van der Waals surface area contributed by atoms with Crippen molar-refractivity contribution >= 4 is 23.2 Å². The van der Waals surface area contributed by atoms with Gasteiger partial charge in [-0.2, -0.15) is 0 Å². The van der Waals surface area contributed by atoms with Gasteiger partial charge in [0.2, 0.25) is 0 Å². The van der Waals surface area contributed by atoms with Crippen LogP contribution in [0.2, 0.25) is 0 Å². The van der Waals surface area contributed by atoms with Crippen LogP contribution in [0.5, 0.6) is 0 Å². The van der Waals surface area contributed by atoms with Gasteiger partial charge in [-0.3, -0.25) is 0 Å². The first kappa shape index (κ1) is 13.5. The molecule has 0 aromatic heterocycles. The Bertz CT molecular complexity index is 96.9. The van der Waals surface area contributed by atoms with Gasteiger partial charge in [-0.05, 0) is 19.3 Å². The Morgan fingerprint density at radius 3 is 1.77 bits per heavy atom. The van der Waals surface area contributed by atoms with Crippen LogP contribution in [-0.2, 0) is 0 Å². The third-order valence-electron chi connectivity index (χ3n) is 2.08. The third kappa shape index (κ3) is 12.5. The average molecular weight is 227 g/mol. The van der Waals surface area contributed by atoms with E-state index < -0.39 is 5.56 Å². The Labute approximate surface area is 91.4 Å². The molecule has 0 aliphatic rings. The first-order valence-corrected chi connectivity index (χ1v) is 6.12. The van der Waals surface area contributed by atoms with Gasteiger partial charge >= 0.3 is 0 Å². The van der Waals surface area contributed by atoms with Crippen molar-refractivity contribution in [3.05, 3.63) is 0 Å². The molecule has 0 radical (unpaired) electrons. The van der Waals surface area contributed by atoms with Crippen LogP contribution in [0.3, 0.4) is 0 Å². The largest absolute Gasteiger partial charge is 0.378 e. The standard InChI is InChI=1S/C10H20Cl2O/c11-9-7-5-3-1-2-4-6-8-10(12)13/h10,13H,1-9H2. The summed E-state index contributed by atoms with van der Waals surface area (Å²) in [6.45, 7) is 0. The van der Waals surface area contributed by atoms with Gasteiger partial charge < -0.3 is 5.11 Å². The molecule has 0 amide bonds. The highest BCUT2D eigenvalue weighted by Gasteiger charge is 1.97. The molecule has 13 heavy (non-hydrogen) atoms. The summed E-state index contributed by atoms with van der Waals surface area (Å²) in [4.78, 5) is 0. The highest BCUT2D eigenvalue weighted by atomic mass is 35.5. The molecule has 0 saturated carbocycles. The van der Waals surface area contributed by atoms with Crippen molar-refractivity contribution in [2.75, 3.05) is 5.88 Å². The highest BCUT2D eigenvalue weighted by molar-refractivity contribution is 6.19. The Kier molecular flexibility index (Phi) is 11.1. The summed E-state index contributed by atoms with van der Waals surface area (Å²) < 4.78 is 0. The van der Waals surface area contributed by atoms with Crippen LogP contribution >= 0.6 is 23.2 Å². The maximum absolute atomic E-state index is 8.78. The molecule has 0 aromatic rings. The number of alkyl halides is 2. The summed E-state index contributed by atoms with van der Waals surface area (Å²) in [5, 5.41) is 8.78. The number of hydrogen-bond acceptors (Lipinski definition) is 1. The molecule has 1 unspecified atom stereocenters. The fraction of sp³-hybridized carbons (Fsp3) is 1.00. The lowest BCUT2D eigenvalue weighted by Gasteiger charge is -2.02. The van der Waals surface area contributed by atoms with E-state index in [1.807, 2.05) is 0 Å². The van der Waals surface area contributed by atoms with Crippen LogP contribution in [-0.4, -0.2) is 16.5 Å². The maximum Gasteiger partial charge on any atom is 0.128 e. The number of rotatable bonds is 9. The van der Waals surface area contributed by atoms with Gasteiger partial charge in [0.05, 0.1) is 0 Å². The Hall–Kier alpha value is 0.540. The van der Waals surface area contributed by atoms with Crippen molar-refractivity contribution in [2.45, 2.75) is 56.9 Å². The molecule has 0 bridgehead atoms. The van der Waals surface area contributed by atoms with E-state index in [9.17, 15) is 0 Å². The van der Waals surface area contributed by atoms with Crippen molar-refractivity contribution in [3.63, 3.8) is 0 Å². The molecule has 80 valence electrons. The number of aliphatic hydroxyl groups excluding tert-OH is 1. The average Bonchev–Trinajstić information content (AvgIpc) is 2.09. The van der Waals surface area contributed by atoms with E-state index in [0.29, 0.717) is 0 Å². The molecule has 0 rings (SSSR count). The number of aliphatic hydroxyl groups is 1. The molecule has 1 nitrogen and oxygen atoms in total. The molecule has 0 aromatic carbocycles. The smallest absolute Gasteiger partial charge is 0.128 e. The van der Waals surface area contributed by atoms with Crippen LogP contribution < -0.4 is 0 Å². The molecule has 0 heterocycles. The second-order valence-corrected chi connectivity index (χ2v) is 4.27. The van der Waals surface area contributed by atoms with Crippen molar-refractivity contribution in [1.29, 1.82) is 0 Å². The topological polar surface area (TPSA) is 20.2 Å². The quantitative estimate of drug-likeness (QED) is 0.467. The molecule has 0 aliphatic carbocycles. The first-order chi connectivity index (χ1) is 6.27. The summed E-state index contributed by atoms with van der Waals surface area (Å²) in [5.74, 6) is 0.790. The Balaban J connectivity index is 2.84. The SMILES string of the molecule is OC(Cl)CCCCCCCCCCl. The predicted molar refractivity (Wildman–Crippen MR) is 59.5 cm³/mol. The number of halogens is 2. The van der Waals surface area contributed by atoms with E-state index in [4.69, 9.17) is 28.3 Å². The van der Waals surface area contributed by atoms with E-state index in [2.05, 4.69) is 0 Å². The van der Waals surface area contributed by atoms with E-state index in [-0.39, 0.29) is 0 Å². The van der Waals surface area contributed by atoms with E-state index in [1.165, 1.54) is 32.1 Å². The number of unbranched alkanes of at least 4 members (excludes halogenated alkanes) is 6. The maximum atomic E-state index is 8.78. The van der Waals surface area contributed by atoms with Gasteiger partial charge in [-0.1, -0.05) is 43.7 Å². The predicted octanol–water partition coefficient (Wildman–Crippen LogP) is 3.90. The summed E-state index contributed by atoms with van der Waals surface area (Å²) in [5.41, 5.74) is -0.642. The van der Waals surface area contributed by atoms with Crippen molar-refractivity contribution in [2.24, 2.45) is 0 Å². The Morgan fingerprint density at radius 2 is 1.31 bits per heavy atom. The second kappa shape index (κ2) is 10.6. The van der Waals surface area contributed by atoms with E-state index in [0.717, 1.165) is 25.1 Å². The van der Waals surface area contributed by atoms with Gasteiger partial charge in [0.15, 0.2) is 0 Å². The van der Waals surface area contributed by atoms with Crippen molar-refractivity contribution < 1.29 is 5.11 Å². The third-order valence-corrected chi connectivity index (χ3v) is 2.56. The monoisotopic (exact) mass is 226 g/mol. The Morgan fingerprint density at radius 1 is 0.846 bits per heavy atom. The lowest BCUT2D eigenvalue weighted by molar-refractivity contribution is 0.240. The fourth-order valence-corrected chi connectivity index (χ4v) is 1.63. The first-order valence-electron chi connectivity index (χ1n) is 5.15. The van der Waals surface area contributed by atoms with E-state index in [1.54, 1.807) is 0 Å². The molecule has 1 N–H and O–H groups in total. The summed E-state index contributed by atoms with van der Waals surface area (Å²) in [7, 11) is 0. The van der Waals surface area contributed by atoms with Crippen LogP contribution in [0.1, 0.15) is 51.4 Å². The van der Waals surface area contributed by atoms with Gasteiger partial charge in [0, 0.05) is 5.88 Å². The van der Waals surface area contributed by atoms with Crippen molar-refractivity contribution in [1.82, 2.24) is 0 Å². The summed E-state index contributed by atoms with van der Waals surface area (Å²) in [6.07, 6.45) is 9.18. The molecule has 0 fully saturated rings. The molecule has 1 atom stereocenters. The highest BCUT2D eigenvalue weighted by Crippen LogP contribution is 2.11. The summed E-state index contributed by atoms with van der Waals surface area (Å²) >= 11 is 11.0. The summed E-state index contributed by atoms with van der Waals surface area (Å²) in [6, 6.07) is 0. The van der Waals surface area contributed by atoms with Gasteiger partial charge in [-0.25, -0.2) is 0 Å². The second-order valence-electron chi connectivity index (χ2n) is 3.39. The minimum atomic E-state index is -0.642. The lowest BCUT2D eigenvalue weighted by atomic mass is 10.1. The minimum Gasteiger partial charge on any atom is -0.378 e. The van der Waals surface area contributed by atoms with Crippen LogP contribution in [0.25, 0.3) is 0 Å². The zero-order valence-electron chi connectivity index (χ0n) is 8.14. The number of hydrogen-bond donors (Lipinski definition) is 1. The molecule has 0 aliphatic heterocycles. The fourth-order valence-electron chi connectivity index (χ4n) is 1.29. The molecule has 0 spiro atoms. The zero-order valence-corrected chi connectivity index (χ0v) is 9.66. The van der Waals surface area contributed by atoms with Gasteiger partial charge in [-0.15, -0.1) is 11.6 Å². The van der Waals surface area contributed by atoms with Crippen LogP contribution in [0.15, 0.2) is 0 Å². The van der Waals surface area contributed by atoms with Gasteiger partial charge in [0.1, 0.15) is 5.56 Å². The molecule has 3 heteroatoms. The van der Waals surface area contributed by atoms with Crippen LogP contribution in [0.4, 0.5) is 0 Å².